The van der Waals surface area contributed by atoms with E-state index < -0.39 is 6.09 Å². The smallest absolute Gasteiger partial charge is 0.407 e. The van der Waals surface area contributed by atoms with Crippen LogP contribution in [0.2, 0.25) is 0 Å². The maximum absolute atomic E-state index is 13.6. The lowest BCUT2D eigenvalue weighted by Crippen LogP contribution is -2.24. The highest BCUT2D eigenvalue weighted by Gasteiger charge is 2.01. The summed E-state index contributed by atoms with van der Waals surface area (Å²) in [6.07, 6.45) is 2.74. The maximum atomic E-state index is 13.6. The number of rotatable bonds is 6. The third-order valence-electron chi connectivity index (χ3n) is 3.17. The van der Waals surface area contributed by atoms with Crippen molar-refractivity contribution in [2.24, 2.45) is 5.73 Å². The fraction of sp³-hybridized carbons (Fsp3) is 0.167. The van der Waals surface area contributed by atoms with E-state index in [0.29, 0.717) is 12.1 Å². The molecule has 2 aromatic rings. The second kappa shape index (κ2) is 8.70. The minimum atomic E-state index is -0.519. The average molecular weight is 314 g/mol. The topological polar surface area (TPSA) is 64.3 Å². The molecule has 0 spiro atoms. The van der Waals surface area contributed by atoms with Crippen molar-refractivity contribution in [3.05, 3.63) is 77.1 Å². The highest BCUT2D eigenvalue weighted by molar-refractivity contribution is 5.67. The highest BCUT2D eigenvalue weighted by Crippen LogP contribution is 2.11. The number of alkyl carbamates (subject to hydrolysis) is 1. The normalized spacial score (nSPS) is 10.7. The lowest BCUT2D eigenvalue weighted by molar-refractivity contribution is 0.141. The Balaban J connectivity index is 1.77. The molecule has 2 aromatic carbocycles. The molecule has 0 radical (unpaired) electrons. The molecule has 23 heavy (non-hydrogen) atoms. The van der Waals surface area contributed by atoms with Gasteiger partial charge in [-0.1, -0.05) is 48.6 Å². The molecule has 5 heteroatoms. The van der Waals surface area contributed by atoms with Crippen LogP contribution in [-0.4, -0.2) is 12.6 Å². The first-order valence-corrected chi connectivity index (χ1v) is 7.28. The van der Waals surface area contributed by atoms with Crippen LogP contribution in [0.3, 0.4) is 0 Å². The Morgan fingerprint density at radius 1 is 1.17 bits per heavy atom. The second-order valence-electron chi connectivity index (χ2n) is 4.90. The van der Waals surface area contributed by atoms with E-state index in [0.717, 1.165) is 11.1 Å². The van der Waals surface area contributed by atoms with Crippen molar-refractivity contribution in [1.82, 2.24) is 5.32 Å². The standard InChI is InChI=1S/C18H19FN2O2/c19-17-9-8-15(12-20)11-16(17)7-4-10-21-18(22)23-13-14-5-2-1-3-6-14/h1-9,11H,10,12-13,20H2,(H,21,22). The van der Waals surface area contributed by atoms with E-state index in [-0.39, 0.29) is 19.0 Å². The summed E-state index contributed by atoms with van der Waals surface area (Å²) in [6, 6.07) is 14.1. The third-order valence-corrected chi connectivity index (χ3v) is 3.17. The third kappa shape index (κ3) is 5.56. The molecule has 1 amide bonds. The summed E-state index contributed by atoms with van der Waals surface area (Å²) in [5, 5.41) is 2.58. The van der Waals surface area contributed by atoms with Gasteiger partial charge >= 0.3 is 6.09 Å². The Morgan fingerprint density at radius 3 is 2.70 bits per heavy atom. The molecule has 0 heterocycles. The molecule has 0 atom stereocenters. The van der Waals surface area contributed by atoms with Crippen LogP contribution in [0.15, 0.2) is 54.6 Å². The molecular weight excluding hydrogens is 295 g/mol. The molecule has 0 unspecified atom stereocenters. The first-order valence-electron chi connectivity index (χ1n) is 7.28. The van der Waals surface area contributed by atoms with E-state index in [2.05, 4.69) is 5.32 Å². The van der Waals surface area contributed by atoms with Gasteiger partial charge < -0.3 is 15.8 Å². The summed E-state index contributed by atoms with van der Waals surface area (Å²) < 4.78 is 18.7. The molecule has 3 N–H and O–H groups in total. The molecule has 0 aromatic heterocycles. The van der Waals surface area contributed by atoms with Crippen molar-refractivity contribution in [2.75, 3.05) is 6.54 Å². The predicted molar refractivity (Wildman–Crippen MR) is 88.0 cm³/mol. The van der Waals surface area contributed by atoms with Crippen LogP contribution < -0.4 is 11.1 Å². The minimum absolute atomic E-state index is 0.212. The quantitative estimate of drug-likeness (QED) is 0.860. The fourth-order valence-electron chi connectivity index (χ4n) is 1.95. The molecule has 0 aliphatic rings. The predicted octanol–water partition coefficient (Wildman–Crippen LogP) is 3.22. The maximum Gasteiger partial charge on any atom is 0.407 e. The van der Waals surface area contributed by atoms with E-state index in [1.807, 2.05) is 30.3 Å². The SMILES string of the molecule is NCc1ccc(F)c(C=CCNC(=O)OCc2ccccc2)c1. The number of nitrogens with two attached hydrogens (primary N) is 1. The molecule has 0 bridgehead atoms. The van der Waals surface area contributed by atoms with Crippen LogP contribution in [0.1, 0.15) is 16.7 Å². The second-order valence-corrected chi connectivity index (χ2v) is 4.90. The Hall–Kier alpha value is -2.66. The molecular formula is C18H19FN2O2. The van der Waals surface area contributed by atoms with E-state index >= 15 is 0 Å². The van der Waals surface area contributed by atoms with Crippen LogP contribution in [-0.2, 0) is 17.9 Å². The largest absolute Gasteiger partial charge is 0.445 e. The molecule has 0 saturated heterocycles. The monoisotopic (exact) mass is 314 g/mol. The van der Waals surface area contributed by atoms with Gasteiger partial charge in [0.05, 0.1) is 0 Å². The van der Waals surface area contributed by atoms with Crippen LogP contribution in [0.5, 0.6) is 0 Å². The summed E-state index contributed by atoms with van der Waals surface area (Å²) in [7, 11) is 0. The zero-order chi connectivity index (χ0) is 16.5. The number of ether oxygens (including phenoxy) is 1. The molecule has 2 rings (SSSR count). The summed E-state index contributed by atoms with van der Waals surface area (Å²) >= 11 is 0. The molecule has 0 saturated carbocycles. The van der Waals surface area contributed by atoms with Crippen molar-refractivity contribution in [3.8, 4) is 0 Å². The first kappa shape index (κ1) is 16.7. The van der Waals surface area contributed by atoms with Crippen LogP contribution in [0.4, 0.5) is 9.18 Å². The van der Waals surface area contributed by atoms with Gasteiger partial charge in [0.2, 0.25) is 0 Å². The molecule has 0 fully saturated rings. The number of carbonyl (C=O) groups is 1. The lowest BCUT2D eigenvalue weighted by atomic mass is 10.1. The van der Waals surface area contributed by atoms with Crippen LogP contribution in [0, 0.1) is 5.82 Å². The van der Waals surface area contributed by atoms with E-state index in [4.69, 9.17) is 10.5 Å². The Labute approximate surface area is 134 Å². The van der Waals surface area contributed by atoms with Gasteiger partial charge in [-0.05, 0) is 23.3 Å². The summed E-state index contributed by atoms with van der Waals surface area (Å²) in [6.45, 7) is 0.814. The van der Waals surface area contributed by atoms with Crippen molar-refractivity contribution in [3.63, 3.8) is 0 Å². The zero-order valence-electron chi connectivity index (χ0n) is 12.7. The summed E-state index contributed by atoms with van der Waals surface area (Å²) in [4.78, 5) is 11.5. The van der Waals surface area contributed by atoms with Crippen molar-refractivity contribution in [1.29, 1.82) is 0 Å². The van der Waals surface area contributed by atoms with Gasteiger partial charge in [0.25, 0.3) is 0 Å². The molecule has 120 valence electrons. The van der Waals surface area contributed by atoms with Gasteiger partial charge in [-0.25, -0.2) is 9.18 Å². The Kier molecular flexibility index (Phi) is 6.32. The Morgan fingerprint density at radius 2 is 1.96 bits per heavy atom. The average Bonchev–Trinajstić information content (AvgIpc) is 2.59. The number of halogens is 1. The van der Waals surface area contributed by atoms with Gasteiger partial charge in [0, 0.05) is 18.7 Å². The van der Waals surface area contributed by atoms with Gasteiger partial charge in [-0.3, -0.25) is 0 Å². The fourth-order valence-corrected chi connectivity index (χ4v) is 1.95. The zero-order valence-corrected chi connectivity index (χ0v) is 12.7. The van der Waals surface area contributed by atoms with Crippen LogP contribution >= 0.6 is 0 Å². The first-order chi connectivity index (χ1) is 11.2. The van der Waals surface area contributed by atoms with Crippen molar-refractivity contribution < 1.29 is 13.9 Å². The van der Waals surface area contributed by atoms with Gasteiger partial charge in [-0.2, -0.15) is 0 Å². The summed E-state index contributed by atoms with van der Waals surface area (Å²) in [5.74, 6) is -0.329. The molecule has 0 aliphatic carbocycles. The van der Waals surface area contributed by atoms with Gasteiger partial charge in [0.15, 0.2) is 0 Å². The van der Waals surface area contributed by atoms with E-state index in [1.165, 1.54) is 6.07 Å². The number of nitrogens with one attached hydrogen (secondary N) is 1. The van der Waals surface area contributed by atoms with E-state index in [1.54, 1.807) is 24.3 Å². The van der Waals surface area contributed by atoms with Gasteiger partial charge in [-0.15, -0.1) is 0 Å². The van der Waals surface area contributed by atoms with Gasteiger partial charge in [0.1, 0.15) is 12.4 Å². The number of carbonyl (C=O) groups excluding carboxylic acids is 1. The lowest BCUT2D eigenvalue weighted by Gasteiger charge is -2.05. The molecule has 4 nitrogen and oxygen atoms in total. The van der Waals surface area contributed by atoms with Crippen LogP contribution in [0.25, 0.3) is 6.08 Å². The molecule has 0 aliphatic heterocycles. The number of hydrogen-bond donors (Lipinski definition) is 2. The number of benzene rings is 2. The number of hydrogen-bond acceptors (Lipinski definition) is 3. The Bertz CT molecular complexity index is 672. The van der Waals surface area contributed by atoms with Crippen molar-refractivity contribution in [2.45, 2.75) is 13.2 Å². The number of amides is 1. The van der Waals surface area contributed by atoms with Crippen molar-refractivity contribution >= 4 is 12.2 Å². The minimum Gasteiger partial charge on any atom is -0.445 e. The van der Waals surface area contributed by atoms with E-state index in [9.17, 15) is 9.18 Å². The highest BCUT2D eigenvalue weighted by atomic mass is 19.1. The summed E-state index contributed by atoms with van der Waals surface area (Å²) in [5.41, 5.74) is 7.73.